The van der Waals surface area contributed by atoms with Crippen LogP contribution in [0.2, 0.25) is 0 Å². The molecule has 0 spiro atoms. The summed E-state index contributed by atoms with van der Waals surface area (Å²) in [6.45, 7) is 3.34. The van der Waals surface area contributed by atoms with Crippen LogP contribution >= 0.6 is 0 Å². The molecule has 17 nitrogen and oxygen atoms in total. The number of aromatic nitrogens is 4. The van der Waals surface area contributed by atoms with Gasteiger partial charge in [0.15, 0.2) is 24.7 Å². The number of H-pyrrole nitrogens is 2. The molecule has 8 atom stereocenters. The number of hydrogen-bond donors (Lipinski definition) is 2. The first-order valence-corrected chi connectivity index (χ1v) is 16.5. The van der Waals surface area contributed by atoms with Crippen molar-refractivity contribution < 1.29 is 42.7 Å². The molecule has 1 aromatic carbocycles. The summed E-state index contributed by atoms with van der Waals surface area (Å²) in [5.74, 6) is -2.27. The van der Waals surface area contributed by atoms with Gasteiger partial charge in [0.05, 0.1) is 43.9 Å². The number of nitrogens with zero attached hydrogens (tertiary/aromatic N) is 2. The largest absolute Gasteiger partial charge is 0.457 e. The molecule has 0 saturated carbocycles. The Labute approximate surface area is 291 Å². The molecule has 4 heterocycles. The van der Waals surface area contributed by atoms with Gasteiger partial charge in [0.1, 0.15) is 0 Å². The monoisotopic (exact) mass is 714 g/mol. The first-order valence-electron chi connectivity index (χ1n) is 16.5. The van der Waals surface area contributed by atoms with Crippen molar-refractivity contribution in [3.05, 3.63) is 102 Å². The van der Waals surface area contributed by atoms with Crippen LogP contribution in [0.3, 0.4) is 0 Å². The minimum atomic E-state index is -1.07. The smallest absolute Gasteiger partial charge is 0.330 e. The van der Waals surface area contributed by atoms with Crippen molar-refractivity contribution >= 4 is 11.9 Å². The molecule has 0 bridgehead atoms. The Morgan fingerprint density at radius 2 is 1.20 bits per heavy atom. The third-order valence-electron chi connectivity index (χ3n) is 8.73. The van der Waals surface area contributed by atoms with E-state index in [1.54, 1.807) is 0 Å². The Hall–Kier alpha value is -4.68. The number of hydrogen-bond acceptors (Lipinski definition) is 13. The maximum Gasteiger partial charge on any atom is 0.330 e. The summed E-state index contributed by atoms with van der Waals surface area (Å²) in [5, 5.41) is 0. The van der Waals surface area contributed by atoms with Crippen LogP contribution in [-0.4, -0.2) is 89.0 Å². The van der Waals surface area contributed by atoms with Gasteiger partial charge in [0.25, 0.3) is 11.1 Å². The van der Waals surface area contributed by atoms with E-state index in [4.69, 9.17) is 33.2 Å². The summed E-state index contributed by atoms with van der Waals surface area (Å²) in [6, 6.07) is 11.8. The number of rotatable bonds is 16. The van der Waals surface area contributed by atoms with E-state index in [1.807, 2.05) is 30.3 Å². The van der Waals surface area contributed by atoms with E-state index in [0.29, 0.717) is 13.0 Å². The SMILES string of the molecule is COCC[C@H]1O[C@@H](n2ccc(=O)[nH]c2=O)[C@H](OC(C)=O)[C@@H]1COCC[C@H]1O[C@@H](n2ccc(=O)[nH]c2=O)[C@H](OC(C)=O)[C@@H]1COCc1ccccc1. The minimum Gasteiger partial charge on any atom is -0.457 e. The average molecular weight is 715 g/mol. The first-order chi connectivity index (χ1) is 24.5. The van der Waals surface area contributed by atoms with Crippen molar-refractivity contribution in [1.29, 1.82) is 0 Å². The second kappa shape index (κ2) is 17.5. The van der Waals surface area contributed by atoms with Crippen LogP contribution < -0.4 is 22.5 Å². The molecular formula is C34H42N4O13. The highest BCUT2D eigenvalue weighted by Crippen LogP contribution is 2.39. The average Bonchev–Trinajstić information content (AvgIpc) is 3.58. The topological polar surface area (TPSA) is 208 Å². The Bertz CT molecular complexity index is 1850. The normalized spacial score (nSPS) is 25.9. The molecule has 0 unspecified atom stereocenters. The lowest BCUT2D eigenvalue weighted by atomic mass is 9.95. The van der Waals surface area contributed by atoms with Crippen molar-refractivity contribution in [2.75, 3.05) is 33.5 Å². The van der Waals surface area contributed by atoms with Gasteiger partial charge < -0.3 is 33.2 Å². The third kappa shape index (κ3) is 9.56. The predicted octanol–water partition coefficient (Wildman–Crippen LogP) is 0.637. The van der Waals surface area contributed by atoms with Gasteiger partial charge in [-0.05, 0) is 18.4 Å². The lowest BCUT2D eigenvalue weighted by molar-refractivity contribution is -0.156. The number of carbonyl (C=O) groups excluding carboxylic acids is 2. The van der Waals surface area contributed by atoms with E-state index in [2.05, 4.69) is 9.97 Å². The van der Waals surface area contributed by atoms with Gasteiger partial charge in [0, 0.05) is 58.7 Å². The Morgan fingerprint density at radius 1 is 0.706 bits per heavy atom. The lowest BCUT2D eigenvalue weighted by Crippen LogP contribution is -2.39. The fourth-order valence-corrected chi connectivity index (χ4v) is 6.45. The van der Waals surface area contributed by atoms with Gasteiger partial charge in [-0.2, -0.15) is 0 Å². The van der Waals surface area contributed by atoms with Crippen LogP contribution in [0, 0.1) is 11.8 Å². The van der Waals surface area contributed by atoms with Gasteiger partial charge in [-0.1, -0.05) is 30.3 Å². The van der Waals surface area contributed by atoms with Gasteiger partial charge >= 0.3 is 23.3 Å². The summed E-state index contributed by atoms with van der Waals surface area (Å²) in [4.78, 5) is 77.8. The quantitative estimate of drug-likeness (QED) is 0.154. The van der Waals surface area contributed by atoms with Gasteiger partial charge in [-0.25, -0.2) is 9.59 Å². The summed E-state index contributed by atoms with van der Waals surface area (Å²) >= 11 is 0. The van der Waals surface area contributed by atoms with Crippen LogP contribution in [0.4, 0.5) is 0 Å². The van der Waals surface area contributed by atoms with Crippen molar-refractivity contribution in [3.8, 4) is 0 Å². The fraction of sp³-hybridized carbons (Fsp3) is 0.529. The van der Waals surface area contributed by atoms with E-state index >= 15 is 0 Å². The van der Waals surface area contributed by atoms with E-state index in [1.165, 1.54) is 50.1 Å². The molecule has 0 aliphatic carbocycles. The molecule has 17 heteroatoms. The maximum absolute atomic E-state index is 12.8. The Morgan fingerprint density at radius 3 is 1.67 bits per heavy atom. The van der Waals surface area contributed by atoms with Crippen LogP contribution in [-0.2, 0) is 49.4 Å². The summed E-state index contributed by atoms with van der Waals surface area (Å²) in [6.07, 6.45) is -1.97. The number of aromatic amines is 2. The van der Waals surface area contributed by atoms with E-state index in [9.17, 15) is 28.8 Å². The fourth-order valence-electron chi connectivity index (χ4n) is 6.45. The molecule has 51 heavy (non-hydrogen) atoms. The van der Waals surface area contributed by atoms with Crippen molar-refractivity contribution in [2.45, 2.75) is 70.2 Å². The van der Waals surface area contributed by atoms with Crippen LogP contribution in [0.5, 0.6) is 0 Å². The lowest BCUT2D eigenvalue weighted by Gasteiger charge is -2.25. The Kier molecular flexibility index (Phi) is 12.9. The molecule has 2 N–H and O–H groups in total. The third-order valence-corrected chi connectivity index (χ3v) is 8.73. The van der Waals surface area contributed by atoms with Crippen molar-refractivity contribution in [2.24, 2.45) is 11.8 Å². The highest BCUT2D eigenvalue weighted by atomic mass is 16.6. The number of benzene rings is 1. The highest BCUT2D eigenvalue weighted by molar-refractivity contribution is 5.66. The summed E-state index contributed by atoms with van der Waals surface area (Å²) < 4.78 is 43.7. The van der Waals surface area contributed by atoms with Gasteiger partial charge in [-0.15, -0.1) is 0 Å². The van der Waals surface area contributed by atoms with E-state index in [-0.39, 0.29) is 32.8 Å². The zero-order valence-electron chi connectivity index (χ0n) is 28.5. The first kappa shape index (κ1) is 37.6. The molecule has 0 radical (unpaired) electrons. The van der Waals surface area contributed by atoms with E-state index < -0.39 is 83.1 Å². The number of esters is 2. The second-order valence-corrected chi connectivity index (χ2v) is 12.3. The maximum atomic E-state index is 12.8. The van der Waals surface area contributed by atoms with Gasteiger partial charge in [0.2, 0.25) is 0 Å². The van der Waals surface area contributed by atoms with Gasteiger partial charge in [-0.3, -0.25) is 38.3 Å². The van der Waals surface area contributed by atoms with Crippen molar-refractivity contribution in [1.82, 2.24) is 19.1 Å². The standard InChI is InChI=1S/C34H42N4O13/c1-20(39)48-29-23(25(11-15-45-3)50-31(29)37-13-9-27(41)35-33(37)43)18-46-16-12-26-24(19-47-17-22-7-5-4-6-8-22)30(49-21(2)40)32(51-26)38-14-10-28(42)36-34(38)44/h4-10,13-14,23-26,29-32H,11-12,15-19H2,1-3H3,(H,35,41,43)(H,36,42,44)/t23-,24-,25-,26-,29-,30-,31-,32-/m1/s1. The Balaban J connectivity index is 1.34. The van der Waals surface area contributed by atoms with Crippen LogP contribution in [0.15, 0.2) is 74.0 Å². The summed E-state index contributed by atoms with van der Waals surface area (Å²) in [7, 11) is 1.53. The molecule has 2 saturated heterocycles. The number of nitrogens with one attached hydrogen (secondary N) is 2. The zero-order valence-corrected chi connectivity index (χ0v) is 28.5. The number of methoxy groups -OCH3 is 1. The molecule has 2 fully saturated rings. The molecule has 5 rings (SSSR count). The summed E-state index contributed by atoms with van der Waals surface area (Å²) in [5.41, 5.74) is -1.71. The van der Waals surface area contributed by atoms with Crippen molar-refractivity contribution in [3.63, 3.8) is 0 Å². The molecule has 276 valence electrons. The second-order valence-electron chi connectivity index (χ2n) is 12.3. The predicted molar refractivity (Wildman–Crippen MR) is 177 cm³/mol. The highest BCUT2D eigenvalue weighted by Gasteiger charge is 2.49. The minimum absolute atomic E-state index is 0.0407. The molecular weight excluding hydrogens is 672 g/mol. The molecule has 3 aromatic rings. The molecule has 2 aliphatic heterocycles. The van der Waals surface area contributed by atoms with Crippen LogP contribution in [0.1, 0.15) is 44.7 Å². The molecule has 2 aliphatic rings. The zero-order chi connectivity index (χ0) is 36.5. The van der Waals surface area contributed by atoms with Crippen LogP contribution in [0.25, 0.3) is 0 Å². The number of ether oxygens (including phenoxy) is 7. The number of carbonyl (C=O) groups is 2. The molecule has 0 amide bonds. The van der Waals surface area contributed by atoms with E-state index in [0.717, 1.165) is 10.1 Å². The molecule has 2 aromatic heterocycles.